The summed E-state index contributed by atoms with van der Waals surface area (Å²) in [6, 6.07) is 0.241. The SMILES string of the molecule is CNC(C)Cc1noc(C(F)=C(C)C)n1. The van der Waals surface area contributed by atoms with E-state index in [0.717, 1.165) is 0 Å². The van der Waals surface area contributed by atoms with E-state index in [4.69, 9.17) is 4.52 Å². The minimum Gasteiger partial charge on any atom is -0.331 e. The minimum atomic E-state index is -0.439. The fourth-order valence-corrected chi connectivity index (χ4v) is 1.02. The molecule has 0 bridgehead atoms. The summed E-state index contributed by atoms with van der Waals surface area (Å²) in [6.45, 7) is 5.32. The molecule has 0 spiro atoms. The number of likely N-dealkylation sites (N-methyl/N-ethyl adjacent to an activating group) is 1. The van der Waals surface area contributed by atoms with Crippen molar-refractivity contribution in [1.82, 2.24) is 15.5 Å². The maximum absolute atomic E-state index is 13.4. The maximum Gasteiger partial charge on any atom is 0.286 e. The lowest BCUT2D eigenvalue weighted by atomic mass is 10.2. The van der Waals surface area contributed by atoms with Gasteiger partial charge in [-0.15, -0.1) is 0 Å². The summed E-state index contributed by atoms with van der Waals surface area (Å²) >= 11 is 0. The second-order valence-electron chi connectivity index (χ2n) is 3.72. The molecule has 1 aromatic rings. The van der Waals surface area contributed by atoms with Crippen LogP contribution in [-0.4, -0.2) is 23.2 Å². The lowest BCUT2D eigenvalue weighted by Gasteiger charge is -2.04. The quantitative estimate of drug-likeness (QED) is 0.830. The molecule has 1 aromatic heterocycles. The van der Waals surface area contributed by atoms with Gasteiger partial charge in [0.05, 0.1) is 0 Å². The topological polar surface area (TPSA) is 51.0 Å². The average molecular weight is 213 g/mol. The van der Waals surface area contributed by atoms with E-state index in [1.165, 1.54) is 0 Å². The minimum absolute atomic E-state index is 0.0340. The second kappa shape index (κ2) is 5.02. The Labute approximate surface area is 88.6 Å². The van der Waals surface area contributed by atoms with Gasteiger partial charge in [0.15, 0.2) is 11.7 Å². The zero-order valence-corrected chi connectivity index (χ0v) is 9.47. The number of nitrogens with one attached hydrogen (secondary N) is 1. The van der Waals surface area contributed by atoms with E-state index in [9.17, 15) is 4.39 Å². The van der Waals surface area contributed by atoms with E-state index < -0.39 is 5.83 Å². The Balaban J connectivity index is 2.77. The van der Waals surface area contributed by atoms with Gasteiger partial charge in [-0.25, -0.2) is 4.39 Å². The molecule has 4 nitrogen and oxygen atoms in total. The predicted molar refractivity (Wildman–Crippen MR) is 55.9 cm³/mol. The van der Waals surface area contributed by atoms with Crippen molar-refractivity contribution >= 4 is 5.83 Å². The van der Waals surface area contributed by atoms with E-state index in [-0.39, 0.29) is 11.9 Å². The molecule has 0 radical (unpaired) electrons. The van der Waals surface area contributed by atoms with Crippen molar-refractivity contribution < 1.29 is 8.91 Å². The Bertz CT molecular complexity index is 355. The lowest BCUT2D eigenvalue weighted by Crippen LogP contribution is -2.24. The maximum atomic E-state index is 13.4. The Hall–Kier alpha value is -1.23. The number of hydrogen-bond donors (Lipinski definition) is 1. The van der Waals surface area contributed by atoms with Gasteiger partial charge in [-0.05, 0) is 33.4 Å². The van der Waals surface area contributed by atoms with Crippen molar-refractivity contribution in [3.05, 3.63) is 17.3 Å². The van der Waals surface area contributed by atoms with Gasteiger partial charge in [0.25, 0.3) is 5.89 Å². The number of allylic oxidation sites excluding steroid dienone is 1. The largest absolute Gasteiger partial charge is 0.331 e. The zero-order chi connectivity index (χ0) is 11.4. The second-order valence-corrected chi connectivity index (χ2v) is 3.72. The summed E-state index contributed by atoms with van der Waals surface area (Å²) in [5.74, 6) is 0.0439. The summed E-state index contributed by atoms with van der Waals surface area (Å²) < 4.78 is 18.2. The zero-order valence-electron chi connectivity index (χ0n) is 9.47. The summed E-state index contributed by atoms with van der Waals surface area (Å²) in [7, 11) is 1.85. The smallest absolute Gasteiger partial charge is 0.286 e. The van der Waals surface area contributed by atoms with Crippen molar-refractivity contribution in [1.29, 1.82) is 0 Å². The molecular formula is C10H16FN3O. The molecule has 0 saturated carbocycles. The first-order valence-electron chi connectivity index (χ1n) is 4.87. The Kier molecular flexibility index (Phi) is 3.96. The summed E-state index contributed by atoms with van der Waals surface area (Å²) in [5, 5.41) is 6.75. The standard InChI is InChI=1S/C10H16FN3O/c1-6(2)9(11)10-13-8(14-15-10)5-7(3)12-4/h7,12H,5H2,1-4H3. The van der Waals surface area contributed by atoms with E-state index in [1.54, 1.807) is 13.8 Å². The molecule has 5 heteroatoms. The van der Waals surface area contributed by atoms with Crippen molar-refractivity contribution in [2.75, 3.05) is 7.05 Å². The van der Waals surface area contributed by atoms with Gasteiger partial charge in [-0.1, -0.05) is 5.16 Å². The van der Waals surface area contributed by atoms with Gasteiger partial charge < -0.3 is 9.84 Å². The lowest BCUT2D eigenvalue weighted by molar-refractivity contribution is 0.388. The van der Waals surface area contributed by atoms with E-state index >= 15 is 0 Å². The third kappa shape index (κ3) is 3.13. The fourth-order valence-electron chi connectivity index (χ4n) is 1.02. The van der Waals surface area contributed by atoms with Crippen LogP contribution < -0.4 is 5.32 Å². The number of rotatable bonds is 4. The molecule has 1 heterocycles. The highest BCUT2D eigenvalue weighted by Crippen LogP contribution is 2.17. The average Bonchev–Trinajstić information content (AvgIpc) is 2.64. The summed E-state index contributed by atoms with van der Waals surface area (Å²) in [5.41, 5.74) is 0.534. The molecule has 0 fully saturated rings. The third-order valence-corrected chi connectivity index (χ3v) is 2.08. The van der Waals surface area contributed by atoms with Crippen LogP contribution in [0.15, 0.2) is 10.1 Å². The molecule has 0 aliphatic heterocycles. The molecule has 1 atom stereocenters. The highest BCUT2D eigenvalue weighted by molar-refractivity contribution is 5.53. The van der Waals surface area contributed by atoms with Crippen LogP contribution in [0, 0.1) is 0 Å². The van der Waals surface area contributed by atoms with Gasteiger partial charge in [-0.2, -0.15) is 4.98 Å². The van der Waals surface area contributed by atoms with Crippen LogP contribution in [-0.2, 0) is 6.42 Å². The first-order valence-corrected chi connectivity index (χ1v) is 4.87. The Morgan fingerprint density at radius 3 is 2.73 bits per heavy atom. The predicted octanol–water partition coefficient (Wildman–Crippen LogP) is 1.94. The van der Waals surface area contributed by atoms with E-state index in [0.29, 0.717) is 17.8 Å². The van der Waals surface area contributed by atoms with Crippen LogP contribution in [0.3, 0.4) is 0 Å². The van der Waals surface area contributed by atoms with Crippen molar-refractivity contribution in [2.24, 2.45) is 0 Å². The number of nitrogens with zero attached hydrogens (tertiary/aromatic N) is 2. The number of aromatic nitrogens is 2. The Morgan fingerprint density at radius 2 is 2.20 bits per heavy atom. The monoisotopic (exact) mass is 213 g/mol. The van der Waals surface area contributed by atoms with Crippen LogP contribution >= 0.6 is 0 Å². The summed E-state index contributed by atoms with van der Waals surface area (Å²) in [6.07, 6.45) is 0.621. The highest BCUT2D eigenvalue weighted by Gasteiger charge is 2.13. The molecule has 0 aliphatic carbocycles. The van der Waals surface area contributed by atoms with Gasteiger partial charge in [-0.3, -0.25) is 0 Å². The van der Waals surface area contributed by atoms with Crippen LogP contribution in [0.5, 0.6) is 0 Å². The highest BCUT2D eigenvalue weighted by atomic mass is 19.1. The van der Waals surface area contributed by atoms with Gasteiger partial charge >= 0.3 is 0 Å². The van der Waals surface area contributed by atoms with E-state index in [1.807, 2.05) is 14.0 Å². The fraction of sp³-hybridized carbons (Fsp3) is 0.600. The van der Waals surface area contributed by atoms with Crippen molar-refractivity contribution in [3.8, 4) is 0 Å². The number of halogens is 1. The molecule has 0 aliphatic rings. The Morgan fingerprint density at radius 1 is 1.53 bits per heavy atom. The molecule has 15 heavy (non-hydrogen) atoms. The van der Waals surface area contributed by atoms with Gasteiger partial charge in [0.1, 0.15) is 0 Å². The number of hydrogen-bond acceptors (Lipinski definition) is 4. The molecule has 0 aromatic carbocycles. The van der Waals surface area contributed by atoms with Crippen molar-refractivity contribution in [3.63, 3.8) is 0 Å². The molecule has 1 rings (SSSR count). The van der Waals surface area contributed by atoms with Gasteiger partial charge in [0.2, 0.25) is 0 Å². The van der Waals surface area contributed by atoms with Crippen LogP contribution in [0.4, 0.5) is 4.39 Å². The molecule has 0 saturated heterocycles. The van der Waals surface area contributed by atoms with Crippen molar-refractivity contribution in [2.45, 2.75) is 33.2 Å². The molecule has 1 unspecified atom stereocenters. The van der Waals surface area contributed by atoms with E-state index in [2.05, 4.69) is 15.5 Å². The van der Waals surface area contributed by atoms with Crippen LogP contribution in [0.1, 0.15) is 32.5 Å². The molecule has 0 amide bonds. The third-order valence-electron chi connectivity index (χ3n) is 2.08. The summed E-state index contributed by atoms with van der Waals surface area (Å²) in [4.78, 5) is 3.97. The normalized spacial score (nSPS) is 12.6. The van der Waals surface area contributed by atoms with Crippen LogP contribution in [0.2, 0.25) is 0 Å². The van der Waals surface area contributed by atoms with Gasteiger partial charge in [0, 0.05) is 12.5 Å². The van der Waals surface area contributed by atoms with Crippen LogP contribution in [0.25, 0.3) is 5.83 Å². The molecular weight excluding hydrogens is 197 g/mol. The first-order chi connectivity index (χ1) is 7.04. The first kappa shape index (κ1) is 11.8. The molecule has 84 valence electrons. The molecule has 1 N–H and O–H groups in total.